The van der Waals surface area contributed by atoms with Crippen molar-refractivity contribution in [3.63, 3.8) is 0 Å². The molecule has 1 N–H and O–H groups in total. The molecule has 23 heavy (non-hydrogen) atoms. The van der Waals surface area contributed by atoms with Crippen molar-refractivity contribution in [2.45, 2.75) is 0 Å². The Morgan fingerprint density at radius 2 is 1.87 bits per heavy atom. The average molecular weight is 350 g/mol. The van der Waals surface area contributed by atoms with Gasteiger partial charge < -0.3 is 9.63 Å². The van der Waals surface area contributed by atoms with Gasteiger partial charge in [-0.15, -0.1) is 0 Å². The van der Waals surface area contributed by atoms with Crippen LogP contribution in [-0.4, -0.2) is 30.0 Å². The molecule has 1 aromatic heterocycles. The fourth-order valence-electron chi connectivity index (χ4n) is 2.15. The van der Waals surface area contributed by atoms with E-state index in [0.29, 0.717) is 0 Å². The number of carboxylic acids is 1. The van der Waals surface area contributed by atoms with Crippen LogP contribution in [0, 0.1) is 0 Å². The molecular weight excluding hydrogens is 342 g/mol. The molecule has 4 rings (SSSR count). The van der Waals surface area contributed by atoms with Gasteiger partial charge in [-0.3, -0.25) is 0 Å². The zero-order chi connectivity index (χ0) is 16.6. The van der Waals surface area contributed by atoms with Crippen LogP contribution in [0.25, 0.3) is 33.4 Å². The highest BCUT2D eigenvalue weighted by Gasteiger charge is 2.24. The maximum atomic E-state index is 9.37. The molecule has 8 heteroatoms. The third kappa shape index (κ3) is 3.25. The van der Waals surface area contributed by atoms with Crippen molar-refractivity contribution in [1.29, 1.82) is 0 Å². The SMILES string of the molecule is Clc1ccc(-c2noc3cc4cc-4c23)cc1.O=C(O)C=S(=O)=O. The molecule has 0 saturated heterocycles. The van der Waals surface area contributed by atoms with Crippen molar-refractivity contribution in [3.8, 4) is 22.4 Å². The van der Waals surface area contributed by atoms with Gasteiger partial charge >= 0.3 is 5.97 Å². The Labute approximate surface area is 136 Å². The smallest absolute Gasteiger partial charge is 0.343 e. The number of carbonyl (C=O) groups is 1. The maximum absolute atomic E-state index is 9.37. The monoisotopic (exact) mass is 349 g/mol. The van der Waals surface area contributed by atoms with Crippen LogP contribution in [0.5, 0.6) is 0 Å². The number of hydrogen-bond donors (Lipinski definition) is 1. The Kier molecular flexibility index (Phi) is 3.89. The molecule has 1 aromatic carbocycles. The van der Waals surface area contributed by atoms with Crippen LogP contribution in [0.1, 0.15) is 0 Å². The molecule has 1 heterocycles. The molecule has 6 nitrogen and oxygen atoms in total. The van der Waals surface area contributed by atoms with Gasteiger partial charge in [-0.1, -0.05) is 28.9 Å². The van der Waals surface area contributed by atoms with Crippen LogP contribution in [0.15, 0.2) is 40.9 Å². The standard InChI is InChI=1S/C13H6ClNO.C2H2O4S/c14-9-3-1-7(2-4-9)13-12-10-5-8(10)6-11(12)16-15-13;3-2(4)1-7(5)6/h1-6H;1H,(H,3,4). The summed E-state index contributed by atoms with van der Waals surface area (Å²) in [6, 6.07) is 11.8. The van der Waals surface area contributed by atoms with Gasteiger partial charge in [0, 0.05) is 10.6 Å². The largest absolute Gasteiger partial charge is 0.477 e. The Morgan fingerprint density at radius 1 is 1.17 bits per heavy atom. The third-order valence-electron chi connectivity index (χ3n) is 3.12. The van der Waals surface area contributed by atoms with Gasteiger partial charge in [-0.25, -0.2) is 4.79 Å². The van der Waals surface area contributed by atoms with Crippen molar-refractivity contribution in [2.75, 3.05) is 0 Å². The summed E-state index contributed by atoms with van der Waals surface area (Å²) < 4.78 is 24.0. The van der Waals surface area contributed by atoms with E-state index >= 15 is 0 Å². The Bertz CT molecular complexity index is 1040. The quantitative estimate of drug-likeness (QED) is 0.559. The van der Waals surface area contributed by atoms with E-state index in [-0.39, 0.29) is 5.37 Å². The maximum Gasteiger partial charge on any atom is 0.343 e. The molecule has 0 amide bonds. The van der Waals surface area contributed by atoms with Crippen molar-refractivity contribution < 1.29 is 22.8 Å². The Hall–Kier alpha value is -2.64. The number of benzene rings is 2. The molecule has 0 aliphatic heterocycles. The predicted molar refractivity (Wildman–Crippen MR) is 86.1 cm³/mol. The summed E-state index contributed by atoms with van der Waals surface area (Å²) in [5.74, 6) is -1.45. The first kappa shape index (κ1) is 15.3. The topological polar surface area (TPSA) is 97.5 Å². The summed E-state index contributed by atoms with van der Waals surface area (Å²) in [6.07, 6.45) is 0. The van der Waals surface area contributed by atoms with E-state index in [1.165, 1.54) is 11.1 Å². The number of aliphatic carboxylic acids is 1. The second-order valence-corrected chi connectivity index (χ2v) is 5.84. The lowest BCUT2D eigenvalue weighted by atomic mass is 10.1. The summed E-state index contributed by atoms with van der Waals surface area (Å²) in [6.45, 7) is 0. The summed E-state index contributed by atoms with van der Waals surface area (Å²) >= 11 is 5.86. The van der Waals surface area contributed by atoms with Gasteiger partial charge in [0.15, 0.2) is 5.58 Å². The first-order chi connectivity index (χ1) is 11.0. The highest BCUT2D eigenvalue weighted by molar-refractivity contribution is 7.73. The number of halogens is 1. The first-order valence-corrected chi connectivity index (χ1v) is 7.83. The molecule has 0 bridgehead atoms. The number of hydrogen-bond acceptors (Lipinski definition) is 5. The van der Waals surface area contributed by atoms with Crippen LogP contribution in [-0.2, 0) is 15.1 Å². The van der Waals surface area contributed by atoms with Crippen molar-refractivity contribution in [1.82, 2.24) is 5.16 Å². The lowest BCUT2D eigenvalue weighted by Gasteiger charge is -1.95. The predicted octanol–water partition coefficient (Wildman–Crippen LogP) is 2.88. The van der Waals surface area contributed by atoms with Crippen LogP contribution in [0.2, 0.25) is 5.02 Å². The Morgan fingerprint density at radius 3 is 2.43 bits per heavy atom. The van der Waals surface area contributed by atoms with E-state index in [1.54, 1.807) is 0 Å². The molecule has 0 unspecified atom stereocenters. The molecule has 0 fully saturated rings. The molecule has 2 aliphatic carbocycles. The molecule has 2 aromatic rings. The molecule has 2 aliphatic rings. The van der Waals surface area contributed by atoms with E-state index < -0.39 is 16.3 Å². The lowest BCUT2D eigenvalue weighted by Crippen LogP contribution is -1.94. The van der Waals surface area contributed by atoms with Crippen LogP contribution < -0.4 is 0 Å². The minimum absolute atomic E-state index is 0.167. The lowest BCUT2D eigenvalue weighted by molar-refractivity contribution is -0.128. The van der Waals surface area contributed by atoms with Gasteiger partial charge in [0.25, 0.3) is 0 Å². The van der Waals surface area contributed by atoms with Gasteiger partial charge in [0.05, 0.1) is 5.39 Å². The molecule has 116 valence electrons. The molecule has 0 radical (unpaired) electrons. The fourth-order valence-corrected chi connectivity index (χ4v) is 2.44. The van der Waals surface area contributed by atoms with Crippen LogP contribution in [0.3, 0.4) is 0 Å². The number of aromatic nitrogens is 1. The van der Waals surface area contributed by atoms with Gasteiger partial charge in [-0.2, -0.15) is 8.42 Å². The van der Waals surface area contributed by atoms with Gasteiger partial charge in [-0.05, 0) is 35.4 Å². The van der Waals surface area contributed by atoms with Crippen LogP contribution in [0.4, 0.5) is 0 Å². The number of fused-ring (bicyclic) bond motifs is 3. The molecule has 0 atom stereocenters. The minimum atomic E-state index is -2.57. The number of carboxylic acid groups (broad SMARTS) is 1. The molecule has 0 saturated carbocycles. The first-order valence-electron chi connectivity index (χ1n) is 6.31. The molecule has 0 spiro atoms. The fraction of sp³-hybridized carbons (Fsp3) is 0. The number of rotatable bonds is 2. The Balaban J connectivity index is 0.000000193. The van der Waals surface area contributed by atoms with E-state index in [2.05, 4.69) is 11.2 Å². The van der Waals surface area contributed by atoms with Gasteiger partial charge in [0.2, 0.25) is 10.3 Å². The van der Waals surface area contributed by atoms with E-state index in [1.807, 2.05) is 30.3 Å². The molecular formula is C15H8ClNO5S. The van der Waals surface area contributed by atoms with E-state index in [4.69, 9.17) is 21.2 Å². The minimum Gasteiger partial charge on any atom is -0.477 e. The summed E-state index contributed by atoms with van der Waals surface area (Å²) in [5.41, 5.74) is 5.35. The normalized spacial score (nSPS) is 10.7. The highest BCUT2D eigenvalue weighted by Crippen LogP contribution is 2.46. The van der Waals surface area contributed by atoms with Crippen molar-refractivity contribution in [3.05, 3.63) is 41.4 Å². The van der Waals surface area contributed by atoms with E-state index in [9.17, 15) is 13.2 Å². The summed E-state index contributed by atoms with van der Waals surface area (Å²) in [5, 5.41) is 13.8. The van der Waals surface area contributed by atoms with Gasteiger partial charge in [0.1, 0.15) is 11.1 Å². The van der Waals surface area contributed by atoms with Crippen LogP contribution >= 0.6 is 11.6 Å². The second-order valence-electron chi connectivity index (χ2n) is 4.65. The van der Waals surface area contributed by atoms with Crippen molar-refractivity contribution >= 4 is 44.2 Å². The second kappa shape index (κ2) is 5.86. The highest BCUT2D eigenvalue weighted by atomic mass is 35.5. The zero-order valence-corrected chi connectivity index (χ0v) is 12.9. The van der Waals surface area contributed by atoms with E-state index in [0.717, 1.165) is 27.2 Å². The summed E-state index contributed by atoms with van der Waals surface area (Å²) in [7, 11) is -2.57. The third-order valence-corrected chi connectivity index (χ3v) is 3.76. The zero-order valence-electron chi connectivity index (χ0n) is 11.4. The van der Waals surface area contributed by atoms with Crippen molar-refractivity contribution in [2.24, 2.45) is 0 Å². The number of nitrogens with zero attached hydrogens (tertiary/aromatic N) is 1. The average Bonchev–Trinajstić information content (AvgIpc) is 2.94. The summed E-state index contributed by atoms with van der Waals surface area (Å²) in [4.78, 5) is 9.36.